The van der Waals surface area contributed by atoms with E-state index in [2.05, 4.69) is 17.5 Å². The van der Waals surface area contributed by atoms with Gasteiger partial charge < -0.3 is 9.15 Å². The van der Waals surface area contributed by atoms with Crippen molar-refractivity contribution in [3.63, 3.8) is 0 Å². The smallest absolute Gasteiger partial charge is 0.277 e. The van der Waals surface area contributed by atoms with Crippen molar-refractivity contribution in [1.82, 2.24) is 5.43 Å². The number of rotatable bonds is 6. The number of nitrogens with zero attached hydrogens (tertiary/aromatic N) is 1. The van der Waals surface area contributed by atoms with Crippen LogP contribution in [0, 0.1) is 5.92 Å². The van der Waals surface area contributed by atoms with Crippen LogP contribution in [0.2, 0.25) is 5.02 Å². The lowest BCUT2D eigenvalue weighted by molar-refractivity contribution is -0.123. The maximum absolute atomic E-state index is 11.6. The van der Waals surface area contributed by atoms with Crippen molar-refractivity contribution in [3.05, 3.63) is 52.9 Å². The van der Waals surface area contributed by atoms with E-state index in [-0.39, 0.29) is 12.5 Å². The van der Waals surface area contributed by atoms with Gasteiger partial charge in [0.25, 0.3) is 5.91 Å². The van der Waals surface area contributed by atoms with E-state index in [0.717, 1.165) is 5.76 Å². The molecule has 1 amide bonds. The summed E-state index contributed by atoms with van der Waals surface area (Å²) in [4.78, 5) is 11.6. The molecule has 0 saturated heterocycles. The molecule has 1 aliphatic carbocycles. The van der Waals surface area contributed by atoms with Gasteiger partial charge in [-0.15, -0.1) is 0 Å². The van der Waals surface area contributed by atoms with Crippen LogP contribution in [0.3, 0.4) is 0 Å². The molecule has 0 unspecified atom stereocenters. The monoisotopic (exact) mass is 332 g/mol. The van der Waals surface area contributed by atoms with Crippen molar-refractivity contribution in [2.45, 2.75) is 19.3 Å². The van der Waals surface area contributed by atoms with Crippen molar-refractivity contribution in [1.29, 1.82) is 0 Å². The van der Waals surface area contributed by atoms with Crippen LogP contribution in [-0.2, 0) is 4.79 Å². The summed E-state index contributed by atoms with van der Waals surface area (Å²) in [5.74, 6) is 3.05. The van der Waals surface area contributed by atoms with E-state index in [1.165, 1.54) is 12.6 Å². The maximum atomic E-state index is 11.6. The van der Waals surface area contributed by atoms with E-state index in [0.29, 0.717) is 28.4 Å². The highest BCUT2D eigenvalue weighted by molar-refractivity contribution is 6.30. The number of benzene rings is 1. The zero-order valence-electron chi connectivity index (χ0n) is 12.7. The lowest BCUT2D eigenvalue weighted by Crippen LogP contribution is -2.24. The van der Waals surface area contributed by atoms with Crippen LogP contribution in [-0.4, -0.2) is 18.7 Å². The lowest BCUT2D eigenvalue weighted by atomic mass is 10.3. The summed E-state index contributed by atoms with van der Waals surface area (Å²) in [6.45, 7) is 2.07. The fourth-order valence-electron chi connectivity index (χ4n) is 2.24. The van der Waals surface area contributed by atoms with Crippen molar-refractivity contribution in [3.8, 4) is 5.75 Å². The third-order valence-electron chi connectivity index (χ3n) is 3.69. The van der Waals surface area contributed by atoms with Crippen LogP contribution in [0.1, 0.15) is 30.8 Å². The van der Waals surface area contributed by atoms with E-state index in [9.17, 15) is 4.79 Å². The van der Waals surface area contributed by atoms with Crippen LogP contribution in [0.4, 0.5) is 0 Å². The van der Waals surface area contributed by atoms with Gasteiger partial charge in [0.15, 0.2) is 6.61 Å². The van der Waals surface area contributed by atoms with Crippen molar-refractivity contribution >= 4 is 23.7 Å². The number of hydrogen-bond acceptors (Lipinski definition) is 4. The third kappa shape index (κ3) is 4.36. The summed E-state index contributed by atoms with van der Waals surface area (Å²) < 4.78 is 11.0. The molecule has 3 rings (SSSR count). The van der Waals surface area contributed by atoms with Gasteiger partial charge in [-0.2, -0.15) is 5.10 Å². The van der Waals surface area contributed by atoms with E-state index >= 15 is 0 Å². The normalized spacial score (nSPS) is 19.7. The van der Waals surface area contributed by atoms with E-state index in [1.54, 1.807) is 24.3 Å². The fourth-order valence-corrected chi connectivity index (χ4v) is 2.36. The van der Waals surface area contributed by atoms with Gasteiger partial charge in [0.05, 0.1) is 6.21 Å². The summed E-state index contributed by atoms with van der Waals surface area (Å²) in [6.07, 6.45) is 2.65. The summed E-state index contributed by atoms with van der Waals surface area (Å²) in [5.41, 5.74) is 2.40. The highest BCUT2D eigenvalue weighted by Gasteiger charge is 2.36. The van der Waals surface area contributed by atoms with Crippen molar-refractivity contribution in [2.24, 2.45) is 11.0 Å². The molecule has 1 aromatic heterocycles. The zero-order chi connectivity index (χ0) is 16.2. The Morgan fingerprint density at radius 2 is 2.13 bits per heavy atom. The number of halogens is 1. The van der Waals surface area contributed by atoms with Gasteiger partial charge in [0.1, 0.15) is 17.3 Å². The molecule has 0 radical (unpaired) electrons. The Hall–Kier alpha value is -2.27. The summed E-state index contributed by atoms with van der Waals surface area (Å²) >= 11 is 5.77. The zero-order valence-corrected chi connectivity index (χ0v) is 13.4. The molecule has 0 spiro atoms. The van der Waals surface area contributed by atoms with E-state index in [1.807, 2.05) is 12.1 Å². The third-order valence-corrected chi connectivity index (χ3v) is 3.94. The molecular formula is C17H17ClN2O3. The number of carbonyl (C=O) groups is 1. The molecule has 2 atom stereocenters. The minimum atomic E-state index is -0.348. The van der Waals surface area contributed by atoms with Crippen LogP contribution < -0.4 is 10.2 Å². The molecule has 6 heteroatoms. The molecule has 2 aromatic rings. The molecule has 5 nitrogen and oxygen atoms in total. The number of amides is 1. The standard InChI is InChI=1S/C17H17ClN2O3/c1-11-8-15(11)16-7-6-14(23-16)9-19-20-17(21)10-22-13-4-2-12(18)3-5-13/h2-7,9,11,15H,8,10H2,1H3,(H,20,21)/b19-9-/t11-,15+/m1/s1. The maximum Gasteiger partial charge on any atom is 0.277 e. The van der Waals surface area contributed by atoms with Crippen LogP contribution in [0.25, 0.3) is 0 Å². The second kappa shape index (κ2) is 6.87. The molecule has 1 fully saturated rings. The van der Waals surface area contributed by atoms with E-state index < -0.39 is 0 Å². The Bertz CT molecular complexity index is 709. The highest BCUT2D eigenvalue weighted by Crippen LogP contribution is 2.47. The minimum Gasteiger partial charge on any atom is -0.484 e. The Kier molecular flexibility index (Phi) is 4.67. The number of hydrogen-bond donors (Lipinski definition) is 1. The van der Waals surface area contributed by atoms with Gasteiger partial charge in [-0.1, -0.05) is 18.5 Å². The van der Waals surface area contributed by atoms with E-state index in [4.69, 9.17) is 20.8 Å². The van der Waals surface area contributed by atoms with Gasteiger partial charge >= 0.3 is 0 Å². The first-order valence-electron chi connectivity index (χ1n) is 7.42. The van der Waals surface area contributed by atoms with Gasteiger partial charge in [-0.05, 0) is 48.7 Å². The lowest BCUT2D eigenvalue weighted by Gasteiger charge is -2.04. The molecule has 0 aliphatic heterocycles. The first kappa shape index (κ1) is 15.6. The molecule has 120 valence electrons. The second-order valence-corrected chi connectivity index (χ2v) is 6.03. The first-order valence-corrected chi connectivity index (χ1v) is 7.79. The first-order chi connectivity index (χ1) is 11.1. The van der Waals surface area contributed by atoms with Crippen LogP contribution >= 0.6 is 11.6 Å². The molecule has 1 saturated carbocycles. The molecule has 1 aromatic carbocycles. The minimum absolute atomic E-state index is 0.123. The molecule has 0 bridgehead atoms. The van der Waals surface area contributed by atoms with Gasteiger partial charge in [0.2, 0.25) is 0 Å². The Balaban J connectivity index is 1.43. The van der Waals surface area contributed by atoms with Crippen LogP contribution in [0.15, 0.2) is 45.9 Å². The summed E-state index contributed by atoms with van der Waals surface area (Å²) in [7, 11) is 0. The van der Waals surface area contributed by atoms with Gasteiger partial charge in [-0.3, -0.25) is 4.79 Å². The fraction of sp³-hybridized carbons (Fsp3) is 0.294. The SMILES string of the molecule is C[C@@H]1C[C@@H]1c1ccc(/C=N\NC(=O)COc2ccc(Cl)cc2)o1. The van der Waals surface area contributed by atoms with Crippen LogP contribution in [0.5, 0.6) is 5.75 Å². The number of nitrogens with one attached hydrogen (secondary N) is 1. The average Bonchev–Trinajstić information content (AvgIpc) is 3.08. The Morgan fingerprint density at radius 1 is 1.39 bits per heavy atom. The van der Waals surface area contributed by atoms with Gasteiger partial charge in [-0.25, -0.2) is 5.43 Å². The predicted octanol–water partition coefficient (Wildman–Crippen LogP) is 3.59. The van der Waals surface area contributed by atoms with Crippen molar-refractivity contribution in [2.75, 3.05) is 6.61 Å². The molecule has 23 heavy (non-hydrogen) atoms. The quantitative estimate of drug-likeness (QED) is 0.649. The summed E-state index contributed by atoms with van der Waals surface area (Å²) in [6, 6.07) is 10.6. The average molecular weight is 333 g/mol. The summed E-state index contributed by atoms with van der Waals surface area (Å²) in [5, 5.41) is 4.48. The molecule has 1 N–H and O–H groups in total. The number of ether oxygens (including phenoxy) is 1. The largest absolute Gasteiger partial charge is 0.484 e. The second-order valence-electron chi connectivity index (χ2n) is 5.60. The van der Waals surface area contributed by atoms with Gasteiger partial charge in [0, 0.05) is 10.9 Å². The number of furan rings is 1. The molecular weight excluding hydrogens is 316 g/mol. The highest BCUT2D eigenvalue weighted by atomic mass is 35.5. The predicted molar refractivity (Wildman–Crippen MR) is 87.9 cm³/mol. The van der Waals surface area contributed by atoms with Crippen molar-refractivity contribution < 1.29 is 13.9 Å². The molecule has 1 heterocycles. The Morgan fingerprint density at radius 3 is 2.83 bits per heavy atom. The Labute approximate surface area is 139 Å². The topological polar surface area (TPSA) is 63.8 Å². The molecule has 1 aliphatic rings. The number of carbonyl (C=O) groups excluding carboxylic acids is 1. The number of hydrazone groups is 1.